The molecule has 432 valence electrons. The van der Waals surface area contributed by atoms with Gasteiger partial charge in [-0.1, -0.05) is 225 Å². The summed E-state index contributed by atoms with van der Waals surface area (Å²) in [5.41, 5.74) is 0. The van der Waals surface area contributed by atoms with E-state index < -0.39 is 80.7 Å². The number of esters is 1. The lowest BCUT2D eigenvalue weighted by Gasteiger charge is -2.42. The summed E-state index contributed by atoms with van der Waals surface area (Å²) in [5.74, 6) is -0.379. The molecule has 11 atom stereocenters. The summed E-state index contributed by atoms with van der Waals surface area (Å²) in [5, 5.41) is 72.3. The van der Waals surface area contributed by atoms with Gasteiger partial charge in [0.05, 0.1) is 26.4 Å². The molecular formula is C59H112O14. The van der Waals surface area contributed by atoms with Crippen LogP contribution in [0.5, 0.6) is 0 Å². The number of carbonyl (C=O) groups is 1. The molecule has 0 amide bonds. The number of aliphatic hydroxyl groups is 7. The first kappa shape index (κ1) is 67.8. The predicted octanol–water partition coefficient (Wildman–Crippen LogP) is 11.0. The Balaban J connectivity index is 1.67. The number of hydrogen-bond donors (Lipinski definition) is 7. The normalized spacial score (nSPS) is 24.9. The van der Waals surface area contributed by atoms with Gasteiger partial charge in [0.25, 0.3) is 0 Å². The van der Waals surface area contributed by atoms with E-state index in [9.17, 15) is 40.5 Å². The van der Waals surface area contributed by atoms with E-state index in [-0.39, 0.29) is 25.6 Å². The highest BCUT2D eigenvalue weighted by Crippen LogP contribution is 2.27. The predicted molar refractivity (Wildman–Crippen MR) is 289 cm³/mol. The Morgan fingerprint density at radius 3 is 1.25 bits per heavy atom. The van der Waals surface area contributed by atoms with Crippen LogP contribution in [0.2, 0.25) is 0 Å². The first-order valence-corrected chi connectivity index (χ1v) is 30.3. The Labute approximate surface area is 444 Å². The number of allylic oxidation sites excluding steroid dienone is 2. The van der Waals surface area contributed by atoms with Gasteiger partial charge in [-0.3, -0.25) is 4.79 Å². The minimum absolute atomic E-state index is 0.0646. The van der Waals surface area contributed by atoms with Crippen molar-refractivity contribution in [1.29, 1.82) is 0 Å². The van der Waals surface area contributed by atoms with E-state index in [0.717, 1.165) is 57.8 Å². The summed E-state index contributed by atoms with van der Waals surface area (Å²) in [7, 11) is 0. The molecule has 2 fully saturated rings. The molecule has 73 heavy (non-hydrogen) atoms. The van der Waals surface area contributed by atoms with Gasteiger partial charge in [0.1, 0.15) is 54.9 Å². The Hall–Kier alpha value is -1.27. The van der Waals surface area contributed by atoms with E-state index in [1.54, 1.807) is 0 Å². The third-order valence-electron chi connectivity index (χ3n) is 14.8. The topological polar surface area (TPSA) is 214 Å². The van der Waals surface area contributed by atoms with Crippen molar-refractivity contribution in [3.8, 4) is 0 Å². The van der Waals surface area contributed by atoms with Crippen LogP contribution in [0.4, 0.5) is 0 Å². The molecule has 2 rings (SSSR count). The van der Waals surface area contributed by atoms with E-state index in [1.165, 1.54) is 173 Å². The van der Waals surface area contributed by atoms with Crippen LogP contribution < -0.4 is 0 Å². The molecule has 11 unspecified atom stereocenters. The second kappa shape index (κ2) is 46.8. The first-order valence-electron chi connectivity index (χ1n) is 30.3. The van der Waals surface area contributed by atoms with Gasteiger partial charge in [0, 0.05) is 13.0 Å². The van der Waals surface area contributed by atoms with Crippen LogP contribution in [-0.4, -0.2) is 142 Å². The molecule has 0 aliphatic carbocycles. The molecule has 7 N–H and O–H groups in total. The monoisotopic (exact) mass is 1040 g/mol. The Morgan fingerprint density at radius 2 is 0.808 bits per heavy atom. The fourth-order valence-electron chi connectivity index (χ4n) is 9.87. The van der Waals surface area contributed by atoms with Crippen molar-refractivity contribution in [2.24, 2.45) is 0 Å². The van der Waals surface area contributed by atoms with Crippen LogP contribution in [0.15, 0.2) is 12.2 Å². The molecule has 0 aromatic rings. The van der Waals surface area contributed by atoms with Crippen molar-refractivity contribution in [3.63, 3.8) is 0 Å². The Kier molecular flexibility index (Phi) is 43.5. The van der Waals surface area contributed by atoms with E-state index in [4.69, 9.17) is 28.4 Å². The lowest BCUT2D eigenvalue weighted by molar-refractivity contribution is -0.332. The van der Waals surface area contributed by atoms with Crippen LogP contribution >= 0.6 is 0 Å². The zero-order valence-electron chi connectivity index (χ0n) is 46.4. The maximum absolute atomic E-state index is 13.1. The molecular weight excluding hydrogens is 933 g/mol. The molecule has 2 heterocycles. The standard InChI is InChI=1S/C59H112O14/c1-3-5-7-9-11-13-15-17-19-20-21-22-23-24-25-26-27-29-31-33-35-37-39-41-43-68-45-48(71-51(61)42-40-38-36-34-32-30-28-18-16-14-12-10-8-6-4-2)46-69-58-57(67)55(65)53(63)50(73-58)47-70-59-56(66)54(64)52(62)49(44-60)72-59/h18,28,48-50,52-60,62-67H,3-17,19-27,29-47H2,1-2H3/b28-18-. The van der Waals surface area contributed by atoms with Gasteiger partial charge in [-0.15, -0.1) is 0 Å². The maximum Gasteiger partial charge on any atom is 0.306 e. The molecule has 0 aromatic heterocycles. The minimum atomic E-state index is -1.70. The average molecular weight is 1050 g/mol. The highest BCUT2D eigenvalue weighted by atomic mass is 16.7. The first-order chi connectivity index (χ1) is 35.6. The molecule has 2 saturated heterocycles. The summed E-state index contributed by atoms with van der Waals surface area (Å²) in [6.45, 7) is 3.73. The molecule has 0 saturated carbocycles. The third kappa shape index (κ3) is 33.6. The highest BCUT2D eigenvalue weighted by molar-refractivity contribution is 5.69. The molecule has 0 radical (unpaired) electrons. The van der Waals surface area contributed by atoms with Gasteiger partial charge >= 0.3 is 5.97 Å². The van der Waals surface area contributed by atoms with Crippen molar-refractivity contribution in [2.45, 2.75) is 325 Å². The minimum Gasteiger partial charge on any atom is -0.457 e. The molecule has 0 bridgehead atoms. The van der Waals surface area contributed by atoms with Crippen molar-refractivity contribution in [1.82, 2.24) is 0 Å². The molecule has 0 aromatic carbocycles. The fraction of sp³-hybridized carbons (Fsp3) is 0.949. The second-order valence-electron chi connectivity index (χ2n) is 21.5. The summed E-state index contributed by atoms with van der Waals surface area (Å²) in [6.07, 6.45) is 35.7. The fourth-order valence-corrected chi connectivity index (χ4v) is 9.87. The van der Waals surface area contributed by atoms with Gasteiger partial charge in [0.15, 0.2) is 12.6 Å². The summed E-state index contributed by atoms with van der Waals surface area (Å²) < 4.78 is 34.4. The van der Waals surface area contributed by atoms with E-state index >= 15 is 0 Å². The SMILES string of the molecule is CCCCCCCC/C=C\CCCCCCCC(=O)OC(COCCCCCCCCCCCCCCCCCCCCCCCCCC)COC1OC(COC2OC(CO)C(O)C(O)C2O)C(O)C(O)C1O. The highest BCUT2D eigenvalue weighted by Gasteiger charge is 2.47. The van der Waals surface area contributed by atoms with Crippen molar-refractivity contribution < 1.29 is 69.0 Å². The molecule has 14 nitrogen and oxygen atoms in total. The number of unbranched alkanes of at least 4 members (excludes halogenated alkanes) is 34. The number of hydrogen-bond acceptors (Lipinski definition) is 14. The van der Waals surface area contributed by atoms with Gasteiger partial charge in [-0.05, 0) is 38.5 Å². The number of carbonyl (C=O) groups excluding carboxylic acids is 1. The van der Waals surface area contributed by atoms with Crippen LogP contribution in [0.1, 0.15) is 258 Å². The maximum atomic E-state index is 13.1. The van der Waals surface area contributed by atoms with Crippen LogP contribution in [0, 0.1) is 0 Å². The van der Waals surface area contributed by atoms with E-state index in [1.807, 2.05) is 0 Å². The number of rotatable bonds is 50. The molecule has 2 aliphatic rings. The quantitative estimate of drug-likeness (QED) is 0.0172. The molecule has 2 aliphatic heterocycles. The van der Waals surface area contributed by atoms with Crippen molar-refractivity contribution >= 4 is 5.97 Å². The third-order valence-corrected chi connectivity index (χ3v) is 14.8. The largest absolute Gasteiger partial charge is 0.457 e. The zero-order chi connectivity index (χ0) is 53.0. The van der Waals surface area contributed by atoms with Gasteiger partial charge < -0.3 is 64.2 Å². The average Bonchev–Trinajstić information content (AvgIpc) is 3.39. The summed E-state index contributed by atoms with van der Waals surface area (Å²) >= 11 is 0. The van der Waals surface area contributed by atoms with E-state index in [0.29, 0.717) is 13.0 Å². The van der Waals surface area contributed by atoms with Crippen LogP contribution in [0.25, 0.3) is 0 Å². The number of aliphatic hydroxyl groups excluding tert-OH is 7. The van der Waals surface area contributed by atoms with Crippen LogP contribution in [-0.2, 0) is 33.2 Å². The smallest absolute Gasteiger partial charge is 0.306 e. The Bertz CT molecular complexity index is 1260. The van der Waals surface area contributed by atoms with Gasteiger partial charge in [0.2, 0.25) is 0 Å². The van der Waals surface area contributed by atoms with Gasteiger partial charge in [-0.25, -0.2) is 0 Å². The second-order valence-corrected chi connectivity index (χ2v) is 21.5. The van der Waals surface area contributed by atoms with Crippen molar-refractivity contribution in [2.75, 3.05) is 33.0 Å². The lowest BCUT2D eigenvalue weighted by atomic mass is 9.98. The van der Waals surface area contributed by atoms with Gasteiger partial charge in [-0.2, -0.15) is 0 Å². The van der Waals surface area contributed by atoms with Crippen molar-refractivity contribution in [3.05, 3.63) is 12.2 Å². The zero-order valence-corrected chi connectivity index (χ0v) is 46.4. The lowest BCUT2D eigenvalue weighted by Crippen LogP contribution is -2.61. The van der Waals surface area contributed by atoms with Crippen LogP contribution in [0.3, 0.4) is 0 Å². The summed E-state index contributed by atoms with van der Waals surface area (Å²) in [4.78, 5) is 13.1. The molecule has 14 heteroatoms. The molecule has 0 spiro atoms. The number of ether oxygens (including phenoxy) is 6. The Morgan fingerprint density at radius 1 is 0.438 bits per heavy atom. The van der Waals surface area contributed by atoms with E-state index in [2.05, 4.69) is 26.0 Å². The summed E-state index contributed by atoms with van der Waals surface area (Å²) in [6, 6.07) is 0.